The van der Waals surface area contributed by atoms with Crippen molar-refractivity contribution in [3.63, 3.8) is 0 Å². The average Bonchev–Trinajstić information content (AvgIpc) is 2.41. The van der Waals surface area contributed by atoms with Gasteiger partial charge in [-0.25, -0.2) is 0 Å². The number of likely N-dealkylation sites (N-methyl/N-ethyl adjacent to an activating group) is 1. The van der Waals surface area contributed by atoms with Crippen molar-refractivity contribution in [2.75, 3.05) is 25.1 Å². The first-order valence-corrected chi connectivity index (χ1v) is 7.52. The van der Waals surface area contributed by atoms with Gasteiger partial charge in [0.1, 0.15) is 12.4 Å². The number of ether oxygens (including phenoxy) is 1. The number of hydrogen-bond acceptors (Lipinski definition) is 2. The number of hydrogen-bond donors (Lipinski definition) is 0. The summed E-state index contributed by atoms with van der Waals surface area (Å²) < 4.78 is 6.82. The van der Waals surface area contributed by atoms with Crippen LogP contribution in [0.1, 0.15) is 11.1 Å². The monoisotopic (exact) mass is 333 g/mol. The molecule has 0 heterocycles. The van der Waals surface area contributed by atoms with E-state index in [9.17, 15) is 0 Å². The van der Waals surface area contributed by atoms with E-state index in [1.807, 2.05) is 24.3 Å². The third-order valence-electron chi connectivity index (χ3n) is 3.27. The van der Waals surface area contributed by atoms with Crippen LogP contribution in [0.15, 0.2) is 46.9 Å². The molecule has 2 nitrogen and oxygen atoms in total. The number of nitrogens with zero attached hydrogens (tertiary/aromatic N) is 1. The summed E-state index contributed by atoms with van der Waals surface area (Å²) in [6, 6.07) is 14.5. The predicted molar refractivity (Wildman–Crippen MR) is 88.8 cm³/mol. The van der Waals surface area contributed by atoms with Crippen molar-refractivity contribution in [1.29, 1.82) is 0 Å². The van der Waals surface area contributed by atoms with Crippen LogP contribution < -0.4 is 9.64 Å². The fourth-order valence-electron chi connectivity index (χ4n) is 2.19. The van der Waals surface area contributed by atoms with E-state index in [0.29, 0.717) is 6.61 Å². The summed E-state index contributed by atoms with van der Waals surface area (Å²) in [5.74, 6) is 0.905. The van der Waals surface area contributed by atoms with Gasteiger partial charge in [-0.15, -0.1) is 0 Å². The molecular weight excluding hydrogens is 314 g/mol. The molecule has 3 heteroatoms. The van der Waals surface area contributed by atoms with Crippen molar-refractivity contribution in [1.82, 2.24) is 0 Å². The smallest absolute Gasteiger partial charge is 0.119 e. The first kappa shape index (κ1) is 14.9. The van der Waals surface area contributed by atoms with Crippen LogP contribution in [0.3, 0.4) is 0 Å². The first-order chi connectivity index (χ1) is 9.56. The van der Waals surface area contributed by atoms with Gasteiger partial charge >= 0.3 is 0 Å². The predicted octanol–water partition coefficient (Wildman–Crippen LogP) is 4.58. The van der Waals surface area contributed by atoms with E-state index in [2.05, 4.69) is 59.9 Å². The van der Waals surface area contributed by atoms with E-state index in [1.54, 1.807) is 0 Å². The molecule has 0 aliphatic carbocycles. The summed E-state index contributed by atoms with van der Waals surface area (Å²) >= 11 is 3.42. The van der Waals surface area contributed by atoms with Gasteiger partial charge in [-0.3, -0.25) is 0 Å². The van der Waals surface area contributed by atoms with Gasteiger partial charge in [-0.05, 0) is 49.7 Å². The van der Waals surface area contributed by atoms with E-state index < -0.39 is 0 Å². The summed E-state index contributed by atoms with van der Waals surface area (Å²) in [4.78, 5) is 2.23. The second-order valence-electron chi connectivity index (χ2n) is 5.01. The van der Waals surface area contributed by atoms with Gasteiger partial charge < -0.3 is 9.64 Å². The lowest BCUT2D eigenvalue weighted by Gasteiger charge is -2.22. The highest BCUT2D eigenvalue weighted by atomic mass is 79.9. The lowest BCUT2D eigenvalue weighted by Crippen LogP contribution is -2.24. The third-order valence-corrected chi connectivity index (χ3v) is 3.80. The molecular formula is C17H20BrNO. The van der Waals surface area contributed by atoms with Crippen molar-refractivity contribution in [2.45, 2.75) is 13.8 Å². The van der Waals surface area contributed by atoms with Crippen LogP contribution in [-0.2, 0) is 0 Å². The zero-order valence-corrected chi connectivity index (χ0v) is 13.8. The molecule has 0 unspecified atom stereocenters. The normalized spacial score (nSPS) is 10.4. The van der Waals surface area contributed by atoms with Gasteiger partial charge in [0, 0.05) is 17.2 Å². The molecule has 0 spiro atoms. The minimum atomic E-state index is 0.672. The molecule has 2 aromatic carbocycles. The molecule has 2 rings (SSSR count). The standard InChI is InChI=1S/C17H20BrNO/c1-13-4-9-17(14(2)12-13)19(3)10-11-20-16-7-5-15(18)6-8-16/h4-9,12H,10-11H2,1-3H3. The first-order valence-electron chi connectivity index (χ1n) is 6.73. The zero-order chi connectivity index (χ0) is 14.5. The molecule has 0 bridgehead atoms. The Morgan fingerprint density at radius 1 is 1.05 bits per heavy atom. The highest BCUT2D eigenvalue weighted by Crippen LogP contribution is 2.20. The molecule has 0 aliphatic rings. The fourth-order valence-corrected chi connectivity index (χ4v) is 2.45. The summed E-state index contributed by atoms with van der Waals surface area (Å²) in [6.45, 7) is 5.80. The lowest BCUT2D eigenvalue weighted by atomic mass is 10.1. The van der Waals surface area contributed by atoms with Gasteiger partial charge in [0.15, 0.2) is 0 Å². The van der Waals surface area contributed by atoms with Crippen LogP contribution >= 0.6 is 15.9 Å². The molecule has 0 saturated carbocycles. The molecule has 0 saturated heterocycles. The molecule has 0 atom stereocenters. The second kappa shape index (κ2) is 6.80. The maximum atomic E-state index is 5.75. The minimum absolute atomic E-state index is 0.672. The average molecular weight is 334 g/mol. The van der Waals surface area contributed by atoms with Crippen LogP contribution in [0.5, 0.6) is 5.75 Å². The van der Waals surface area contributed by atoms with E-state index in [-0.39, 0.29) is 0 Å². The number of rotatable bonds is 5. The number of benzene rings is 2. The lowest BCUT2D eigenvalue weighted by molar-refractivity contribution is 0.326. The van der Waals surface area contributed by atoms with Crippen LogP contribution in [0.2, 0.25) is 0 Å². The molecule has 20 heavy (non-hydrogen) atoms. The molecule has 0 fully saturated rings. The van der Waals surface area contributed by atoms with E-state index >= 15 is 0 Å². The van der Waals surface area contributed by atoms with Crippen molar-refractivity contribution in [2.24, 2.45) is 0 Å². The summed E-state index contributed by atoms with van der Waals surface area (Å²) in [5.41, 5.74) is 3.86. The van der Waals surface area contributed by atoms with Crippen molar-refractivity contribution in [3.05, 3.63) is 58.1 Å². The SMILES string of the molecule is Cc1ccc(N(C)CCOc2ccc(Br)cc2)c(C)c1. The van der Waals surface area contributed by atoms with E-state index in [1.165, 1.54) is 16.8 Å². The summed E-state index contributed by atoms with van der Waals surface area (Å²) in [7, 11) is 2.10. The molecule has 0 aliphatic heterocycles. The molecule has 2 aromatic rings. The highest BCUT2D eigenvalue weighted by molar-refractivity contribution is 9.10. The van der Waals surface area contributed by atoms with Gasteiger partial charge in [-0.1, -0.05) is 33.6 Å². The Bertz CT molecular complexity index is 566. The molecule has 0 amide bonds. The van der Waals surface area contributed by atoms with Gasteiger partial charge in [0.25, 0.3) is 0 Å². The minimum Gasteiger partial charge on any atom is -0.492 e. The van der Waals surface area contributed by atoms with E-state index in [4.69, 9.17) is 4.74 Å². The Labute approximate surface area is 129 Å². The molecule has 106 valence electrons. The zero-order valence-electron chi connectivity index (χ0n) is 12.2. The Morgan fingerprint density at radius 3 is 2.40 bits per heavy atom. The largest absolute Gasteiger partial charge is 0.492 e. The summed E-state index contributed by atoms with van der Waals surface area (Å²) in [5, 5.41) is 0. The van der Waals surface area contributed by atoms with Gasteiger partial charge in [0.05, 0.1) is 6.54 Å². The number of anilines is 1. The Morgan fingerprint density at radius 2 is 1.75 bits per heavy atom. The Kier molecular flexibility index (Phi) is 5.07. The van der Waals surface area contributed by atoms with Crippen LogP contribution in [0.4, 0.5) is 5.69 Å². The number of aryl methyl sites for hydroxylation is 2. The molecule has 0 N–H and O–H groups in total. The number of halogens is 1. The third kappa shape index (κ3) is 4.01. The maximum absolute atomic E-state index is 5.75. The Balaban J connectivity index is 1.88. The molecule has 0 radical (unpaired) electrons. The fraction of sp³-hybridized carbons (Fsp3) is 0.294. The topological polar surface area (TPSA) is 12.5 Å². The second-order valence-corrected chi connectivity index (χ2v) is 5.93. The maximum Gasteiger partial charge on any atom is 0.119 e. The van der Waals surface area contributed by atoms with Gasteiger partial charge in [0.2, 0.25) is 0 Å². The van der Waals surface area contributed by atoms with Crippen molar-refractivity contribution >= 4 is 21.6 Å². The van der Waals surface area contributed by atoms with Crippen LogP contribution in [-0.4, -0.2) is 20.2 Å². The van der Waals surface area contributed by atoms with Crippen molar-refractivity contribution in [3.8, 4) is 5.75 Å². The van der Waals surface area contributed by atoms with Crippen LogP contribution in [0, 0.1) is 13.8 Å². The Hall–Kier alpha value is -1.48. The van der Waals surface area contributed by atoms with E-state index in [0.717, 1.165) is 16.8 Å². The van der Waals surface area contributed by atoms with Gasteiger partial charge in [-0.2, -0.15) is 0 Å². The highest BCUT2D eigenvalue weighted by Gasteiger charge is 2.04. The summed E-state index contributed by atoms with van der Waals surface area (Å²) in [6.07, 6.45) is 0. The van der Waals surface area contributed by atoms with Crippen LogP contribution in [0.25, 0.3) is 0 Å². The van der Waals surface area contributed by atoms with Crippen molar-refractivity contribution < 1.29 is 4.74 Å². The quantitative estimate of drug-likeness (QED) is 0.793. The molecule has 0 aromatic heterocycles.